The molecule has 24 heavy (non-hydrogen) atoms. The van der Waals surface area contributed by atoms with Gasteiger partial charge in [-0.2, -0.15) is 0 Å². The maximum atomic E-state index is 12.4. The molecule has 1 aromatic carbocycles. The van der Waals surface area contributed by atoms with Gasteiger partial charge in [0.2, 0.25) is 0 Å². The summed E-state index contributed by atoms with van der Waals surface area (Å²) < 4.78 is 10.8. The summed E-state index contributed by atoms with van der Waals surface area (Å²) in [6.45, 7) is 2.24. The molecule has 1 amide bonds. The van der Waals surface area contributed by atoms with Gasteiger partial charge >= 0.3 is 0 Å². The minimum absolute atomic E-state index is 0. The zero-order chi connectivity index (χ0) is 16.7. The van der Waals surface area contributed by atoms with Crippen molar-refractivity contribution < 1.29 is 14.3 Å². The molecule has 0 spiro atoms. The van der Waals surface area contributed by atoms with E-state index in [9.17, 15) is 4.79 Å². The Balaban J connectivity index is 0.00000288. The van der Waals surface area contributed by atoms with Crippen LogP contribution in [0.1, 0.15) is 39.0 Å². The standard InChI is InChI=1S/C18H28N2O3.ClH/c1-13(23-16-10-8-15(22-2)9-11-16)18(21)20-17(12-19)14-6-4-3-5-7-14;/h8-11,13-14,17H,3-7,12,19H2,1-2H3,(H,20,21);1H. The molecule has 6 heteroatoms. The van der Waals surface area contributed by atoms with Gasteiger partial charge in [-0.15, -0.1) is 12.4 Å². The third-order valence-electron chi connectivity index (χ3n) is 4.54. The maximum absolute atomic E-state index is 12.4. The fourth-order valence-electron chi connectivity index (χ4n) is 3.12. The molecule has 0 radical (unpaired) electrons. The first kappa shape index (κ1) is 20.6. The van der Waals surface area contributed by atoms with Gasteiger partial charge in [0.1, 0.15) is 11.5 Å². The van der Waals surface area contributed by atoms with Crippen LogP contribution in [0.2, 0.25) is 0 Å². The second-order valence-electron chi connectivity index (χ2n) is 6.18. The average Bonchev–Trinajstić information content (AvgIpc) is 2.60. The fourth-order valence-corrected chi connectivity index (χ4v) is 3.12. The third kappa shape index (κ3) is 5.87. The highest BCUT2D eigenvalue weighted by atomic mass is 35.5. The normalized spacial score (nSPS) is 17.3. The lowest BCUT2D eigenvalue weighted by Crippen LogP contribution is -2.49. The van der Waals surface area contributed by atoms with E-state index in [4.69, 9.17) is 15.2 Å². The molecular weight excluding hydrogens is 328 g/mol. The zero-order valence-electron chi connectivity index (χ0n) is 14.5. The predicted molar refractivity (Wildman–Crippen MR) is 97.9 cm³/mol. The molecule has 2 rings (SSSR count). The highest BCUT2D eigenvalue weighted by molar-refractivity contribution is 5.85. The van der Waals surface area contributed by atoms with E-state index in [0.717, 1.165) is 18.6 Å². The number of carbonyl (C=O) groups excluding carboxylic acids is 1. The Bertz CT molecular complexity index is 490. The Kier molecular flexibility index (Phi) is 8.93. The van der Waals surface area contributed by atoms with Crippen molar-refractivity contribution in [1.82, 2.24) is 5.32 Å². The topological polar surface area (TPSA) is 73.6 Å². The molecule has 2 unspecified atom stereocenters. The number of hydrogen-bond acceptors (Lipinski definition) is 4. The van der Waals surface area contributed by atoms with E-state index in [1.807, 2.05) is 12.1 Å². The zero-order valence-corrected chi connectivity index (χ0v) is 15.3. The van der Waals surface area contributed by atoms with Crippen molar-refractivity contribution in [1.29, 1.82) is 0 Å². The first-order valence-corrected chi connectivity index (χ1v) is 8.45. The summed E-state index contributed by atoms with van der Waals surface area (Å²) in [5.41, 5.74) is 5.87. The summed E-state index contributed by atoms with van der Waals surface area (Å²) in [5, 5.41) is 3.07. The molecule has 1 saturated carbocycles. The summed E-state index contributed by atoms with van der Waals surface area (Å²) in [4.78, 5) is 12.4. The van der Waals surface area contributed by atoms with Crippen molar-refractivity contribution in [3.63, 3.8) is 0 Å². The molecule has 1 aromatic rings. The van der Waals surface area contributed by atoms with Gasteiger partial charge in [-0.25, -0.2) is 0 Å². The van der Waals surface area contributed by atoms with Crippen molar-refractivity contribution in [2.45, 2.75) is 51.2 Å². The van der Waals surface area contributed by atoms with Crippen LogP contribution in [0.5, 0.6) is 11.5 Å². The van der Waals surface area contributed by atoms with E-state index >= 15 is 0 Å². The molecule has 5 nitrogen and oxygen atoms in total. The number of nitrogens with one attached hydrogen (secondary N) is 1. The number of rotatable bonds is 7. The molecule has 0 heterocycles. The molecule has 0 bridgehead atoms. The van der Waals surface area contributed by atoms with E-state index in [-0.39, 0.29) is 24.4 Å². The molecule has 3 N–H and O–H groups in total. The number of nitrogens with two attached hydrogens (primary N) is 1. The molecule has 2 atom stereocenters. The summed E-state index contributed by atoms with van der Waals surface area (Å²) in [6, 6.07) is 7.26. The largest absolute Gasteiger partial charge is 0.497 e. The molecule has 1 fully saturated rings. The van der Waals surface area contributed by atoms with Gasteiger partial charge in [0, 0.05) is 12.6 Å². The lowest BCUT2D eigenvalue weighted by Gasteiger charge is -2.30. The number of amides is 1. The van der Waals surface area contributed by atoms with Crippen molar-refractivity contribution in [3.05, 3.63) is 24.3 Å². The Morgan fingerprint density at radius 2 is 1.79 bits per heavy atom. The van der Waals surface area contributed by atoms with Crippen LogP contribution in [0, 0.1) is 5.92 Å². The van der Waals surface area contributed by atoms with E-state index in [0.29, 0.717) is 18.2 Å². The van der Waals surface area contributed by atoms with E-state index in [1.165, 1.54) is 19.3 Å². The first-order chi connectivity index (χ1) is 11.1. The fraction of sp³-hybridized carbons (Fsp3) is 0.611. The molecule has 0 aliphatic heterocycles. The van der Waals surface area contributed by atoms with Crippen molar-refractivity contribution in [2.24, 2.45) is 11.7 Å². The van der Waals surface area contributed by atoms with E-state index in [2.05, 4.69) is 5.32 Å². The quantitative estimate of drug-likeness (QED) is 0.787. The second-order valence-corrected chi connectivity index (χ2v) is 6.18. The molecule has 0 aromatic heterocycles. The van der Waals surface area contributed by atoms with E-state index in [1.54, 1.807) is 26.2 Å². The molecule has 1 aliphatic carbocycles. The molecule has 136 valence electrons. The Morgan fingerprint density at radius 3 is 2.33 bits per heavy atom. The number of hydrogen-bond donors (Lipinski definition) is 2. The summed E-state index contributed by atoms with van der Waals surface area (Å²) in [5.74, 6) is 1.79. The van der Waals surface area contributed by atoms with Gasteiger partial charge in [0.15, 0.2) is 6.10 Å². The van der Waals surface area contributed by atoms with Gasteiger partial charge in [0.25, 0.3) is 5.91 Å². The minimum atomic E-state index is -0.555. The van der Waals surface area contributed by atoms with Gasteiger partial charge in [-0.3, -0.25) is 4.79 Å². The van der Waals surface area contributed by atoms with Crippen LogP contribution in [0.3, 0.4) is 0 Å². The van der Waals surface area contributed by atoms with Crippen molar-refractivity contribution in [3.8, 4) is 11.5 Å². The Morgan fingerprint density at radius 1 is 1.21 bits per heavy atom. The first-order valence-electron chi connectivity index (χ1n) is 8.45. The summed E-state index contributed by atoms with van der Waals surface area (Å²) in [6.07, 6.45) is 5.50. The minimum Gasteiger partial charge on any atom is -0.497 e. The van der Waals surface area contributed by atoms with Crippen molar-refractivity contribution >= 4 is 18.3 Å². The van der Waals surface area contributed by atoms with Crippen LogP contribution in [0.25, 0.3) is 0 Å². The van der Waals surface area contributed by atoms with Crippen LogP contribution in [-0.2, 0) is 4.79 Å². The lowest BCUT2D eigenvalue weighted by atomic mass is 9.84. The third-order valence-corrected chi connectivity index (χ3v) is 4.54. The molecular formula is C18H29ClN2O3. The molecule has 0 saturated heterocycles. The molecule has 1 aliphatic rings. The van der Waals surface area contributed by atoms with Crippen LogP contribution in [-0.4, -0.2) is 31.7 Å². The Hall–Kier alpha value is -1.46. The van der Waals surface area contributed by atoms with Crippen LogP contribution in [0.4, 0.5) is 0 Å². The van der Waals surface area contributed by atoms with E-state index < -0.39 is 6.10 Å². The average molecular weight is 357 g/mol. The van der Waals surface area contributed by atoms with Crippen LogP contribution in [0.15, 0.2) is 24.3 Å². The maximum Gasteiger partial charge on any atom is 0.261 e. The smallest absolute Gasteiger partial charge is 0.261 e. The lowest BCUT2D eigenvalue weighted by molar-refractivity contribution is -0.128. The number of carbonyl (C=O) groups is 1. The predicted octanol–water partition coefficient (Wildman–Crippen LogP) is 2.91. The highest BCUT2D eigenvalue weighted by Crippen LogP contribution is 2.26. The van der Waals surface area contributed by atoms with Gasteiger partial charge in [-0.1, -0.05) is 19.3 Å². The van der Waals surface area contributed by atoms with Crippen molar-refractivity contribution in [2.75, 3.05) is 13.7 Å². The van der Waals surface area contributed by atoms with Gasteiger partial charge < -0.3 is 20.5 Å². The summed E-state index contributed by atoms with van der Waals surface area (Å²) >= 11 is 0. The van der Waals surface area contributed by atoms with Gasteiger partial charge in [0.05, 0.1) is 7.11 Å². The number of benzene rings is 1. The second kappa shape index (κ2) is 10.4. The van der Waals surface area contributed by atoms with Gasteiger partial charge in [-0.05, 0) is 49.9 Å². The Labute approximate surface area is 150 Å². The SMILES string of the molecule is COc1ccc(OC(C)C(=O)NC(CN)C2CCCCC2)cc1.Cl. The summed E-state index contributed by atoms with van der Waals surface area (Å²) in [7, 11) is 1.62. The van der Waals surface area contributed by atoms with Crippen LogP contribution < -0.4 is 20.5 Å². The number of halogens is 1. The highest BCUT2D eigenvalue weighted by Gasteiger charge is 2.26. The monoisotopic (exact) mass is 356 g/mol. The number of methoxy groups -OCH3 is 1. The number of ether oxygens (including phenoxy) is 2. The van der Waals surface area contributed by atoms with Crippen LogP contribution >= 0.6 is 12.4 Å².